The van der Waals surface area contributed by atoms with Crippen LogP contribution >= 0.6 is 0 Å². The molecule has 4 aromatic rings. The van der Waals surface area contributed by atoms with Gasteiger partial charge in [0.15, 0.2) is 5.78 Å². The molecule has 5 atom stereocenters. The summed E-state index contributed by atoms with van der Waals surface area (Å²) in [6, 6.07) is 11.5. The minimum atomic E-state index is -2.46. The van der Waals surface area contributed by atoms with Crippen LogP contribution in [0.2, 0.25) is 0 Å². The number of benzene rings is 4. The van der Waals surface area contributed by atoms with Crippen molar-refractivity contribution in [2.75, 3.05) is 0 Å². The van der Waals surface area contributed by atoms with Crippen LogP contribution in [-0.2, 0) is 12.2 Å². The van der Waals surface area contributed by atoms with Crippen LogP contribution < -0.4 is 9.47 Å². The van der Waals surface area contributed by atoms with E-state index in [2.05, 4.69) is 0 Å². The number of aliphatic hydroxyl groups is 1. The first-order chi connectivity index (χ1) is 26.9. The standard InChI is InChI=1S/C45H44O12/c1-21(2)6-9-27-32(48)13-11-28(40(27)51)41(52)37-29(26-10-7-24(46)18-33(26)49)16-23(5)17-30(37)38-34(50)20-36-39(42(38)53)43(54)44(15-14-22(3)4)45(55,57-36)31-12-8-25(47)19-35(31)56-44/h6-8,10-14,17-20,29-30,37,46-51,53,55H,9,15-16H2,1-5H3/t29-,30-,37-,44+,45-/m1/s1. The fourth-order valence-corrected chi connectivity index (χ4v) is 8.42. The normalized spacial score (nSPS) is 23.2. The Morgan fingerprint density at radius 1 is 0.789 bits per heavy atom. The van der Waals surface area contributed by atoms with Crippen molar-refractivity contribution in [3.63, 3.8) is 0 Å². The average molecular weight is 777 g/mol. The minimum absolute atomic E-state index is 0.0320. The zero-order chi connectivity index (χ0) is 41.3. The molecule has 0 spiro atoms. The molecule has 0 saturated heterocycles. The number of carbonyl (C=O) groups excluding carboxylic acids is 2. The number of hydrogen-bond acceptors (Lipinski definition) is 12. The van der Waals surface area contributed by atoms with Gasteiger partial charge >= 0.3 is 0 Å². The van der Waals surface area contributed by atoms with Crippen molar-refractivity contribution < 1.29 is 59.9 Å². The number of ether oxygens (including phenoxy) is 2. The van der Waals surface area contributed by atoms with Gasteiger partial charge in [-0.2, -0.15) is 0 Å². The highest BCUT2D eigenvalue weighted by molar-refractivity contribution is 6.10. The molecule has 2 aliphatic heterocycles. The fraction of sp³-hybridized carbons (Fsp3) is 0.289. The molecule has 0 amide bonds. The van der Waals surface area contributed by atoms with E-state index in [9.17, 15) is 45.6 Å². The monoisotopic (exact) mass is 776 g/mol. The molecule has 0 radical (unpaired) electrons. The Morgan fingerprint density at radius 2 is 1.47 bits per heavy atom. The third-order valence-electron chi connectivity index (χ3n) is 11.2. The molecule has 0 fully saturated rings. The van der Waals surface area contributed by atoms with Crippen molar-refractivity contribution in [3.8, 4) is 51.7 Å². The molecule has 0 unspecified atom stereocenters. The number of fused-ring (bicyclic) bond motifs is 4. The Morgan fingerprint density at radius 3 is 2.16 bits per heavy atom. The summed E-state index contributed by atoms with van der Waals surface area (Å²) in [5, 5.41) is 90.2. The molecule has 12 nitrogen and oxygen atoms in total. The third kappa shape index (κ3) is 6.20. The van der Waals surface area contributed by atoms with Crippen molar-refractivity contribution in [2.24, 2.45) is 5.92 Å². The van der Waals surface area contributed by atoms with Gasteiger partial charge in [0, 0.05) is 53.5 Å². The summed E-state index contributed by atoms with van der Waals surface area (Å²) < 4.78 is 12.4. The number of ketones is 2. The first kappa shape index (κ1) is 38.9. The molecule has 4 aromatic carbocycles. The van der Waals surface area contributed by atoms with Crippen LogP contribution in [0.15, 0.2) is 89.5 Å². The van der Waals surface area contributed by atoms with E-state index in [1.807, 2.05) is 13.8 Å². The maximum atomic E-state index is 15.0. The van der Waals surface area contributed by atoms with E-state index in [1.165, 1.54) is 42.5 Å². The molecule has 3 aliphatic rings. The van der Waals surface area contributed by atoms with Gasteiger partial charge in [0.25, 0.3) is 5.79 Å². The quantitative estimate of drug-likeness (QED) is 0.0637. The lowest BCUT2D eigenvalue weighted by Gasteiger charge is -2.43. The molecular weight excluding hydrogens is 732 g/mol. The van der Waals surface area contributed by atoms with Gasteiger partial charge in [0.1, 0.15) is 57.3 Å². The van der Waals surface area contributed by atoms with Crippen molar-refractivity contribution in [3.05, 3.63) is 123 Å². The number of phenols is 7. The Labute approximate surface area is 328 Å². The summed E-state index contributed by atoms with van der Waals surface area (Å²) in [5.74, 6) is -10.6. The van der Waals surface area contributed by atoms with Gasteiger partial charge < -0.3 is 50.3 Å². The highest BCUT2D eigenvalue weighted by atomic mass is 16.7. The SMILES string of the molecule is CC(C)=CCc1c(O)ccc(C(=O)[C@@H]2[C@@H](c3ccc(O)cc3O)CC(C)=C[C@H]2c2c(O)cc3c(c2O)C(=O)[C@]2(CC=C(C)C)Oc4cc(O)ccc4[C@@]2(O)O3)c1O. The first-order valence-electron chi connectivity index (χ1n) is 18.5. The summed E-state index contributed by atoms with van der Waals surface area (Å²) in [4.78, 5) is 30.0. The van der Waals surface area contributed by atoms with E-state index in [4.69, 9.17) is 9.47 Å². The second-order valence-electron chi connectivity index (χ2n) is 15.6. The molecule has 1 aliphatic carbocycles. The lowest BCUT2D eigenvalue weighted by atomic mass is 9.64. The second-order valence-corrected chi connectivity index (χ2v) is 15.6. The average Bonchev–Trinajstić information content (AvgIpc) is 3.37. The van der Waals surface area contributed by atoms with Gasteiger partial charge in [0.05, 0.1) is 11.1 Å². The van der Waals surface area contributed by atoms with E-state index >= 15 is 4.79 Å². The minimum Gasteiger partial charge on any atom is -0.508 e. The van der Waals surface area contributed by atoms with Crippen LogP contribution in [0.5, 0.6) is 51.7 Å². The molecular formula is C45H44O12. The maximum Gasteiger partial charge on any atom is 0.286 e. The summed E-state index contributed by atoms with van der Waals surface area (Å²) in [6.07, 6.45) is 5.18. The largest absolute Gasteiger partial charge is 0.508 e. The summed E-state index contributed by atoms with van der Waals surface area (Å²) in [5.41, 5.74) is -0.284. The van der Waals surface area contributed by atoms with Gasteiger partial charge in [-0.15, -0.1) is 0 Å². The van der Waals surface area contributed by atoms with Gasteiger partial charge in [-0.25, -0.2) is 0 Å². The van der Waals surface area contributed by atoms with Gasteiger partial charge in [-0.05, 0) is 83.4 Å². The lowest BCUT2D eigenvalue weighted by Crippen LogP contribution is -2.62. The number of aromatic hydroxyl groups is 7. The molecule has 0 aromatic heterocycles. The smallest absolute Gasteiger partial charge is 0.286 e. The van der Waals surface area contributed by atoms with E-state index in [-0.39, 0.29) is 81.6 Å². The van der Waals surface area contributed by atoms with Crippen LogP contribution in [0.4, 0.5) is 0 Å². The van der Waals surface area contributed by atoms with Gasteiger partial charge in [-0.3, -0.25) is 9.59 Å². The maximum absolute atomic E-state index is 15.0. The molecule has 57 heavy (non-hydrogen) atoms. The van der Waals surface area contributed by atoms with Crippen LogP contribution in [0.25, 0.3) is 0 Å². The second kappa shape index (κ2) is 14.0. The van der Waals surface area contributed by atoms with Gasteiger partial charge in [0.2, 0.25) is 11.4 Å². The van der Waals surface area contributed by atoms with Crippen LogP contribution in [0.3, 0.4) is 0 Å². The molecule has 8 N–H and O–H groups in total. The third-order valence-corrected chi connectivity index (χ3v) is 11.2. The number of hydrogen-bond donors (Lipinski definition) is 8. The molecule has 0 bridgehead atoms. The van der Waals surface area contributed by atoms with E-state index in [0.29, 0.717) is 5.57 Å². The van der Waals surface area contributed by atoms with Crippen LogP contribution in [-0.4, -0.2) is 58.0 Å². The van der Waals surface area contributed by atoms with Crippen LogP contribution in [0, 0.1) is 5.92 Å². The Balaban J connectivity index is 1.44. The lowest BCUT2D eigenvalue weighted by molar-refractivity contribution is -0.221. The Kier molecular flexibility index (Phi) is 9.52. The number of carbonyl (C=O) groups is 2. The zero-order valence-corrected chi connectivity index (χ0v) is 32.0. The highest BCUT2D eigenvalue weighted by Crippen LogP contribution is 2.60. The van der Waals surface area contributed by atoms with E-state index in [0.717, 1.165) is 23.3 Å². The highest BCUT2D eigenvalue weighted by Gasteiger charge is 2.70. The number of allylic oxidation sites excluding steroid dienone is 5. The van der Waals surface area contributed by atoms with Crippen molar-refractivity contribution in [1.82, 2.24) is 0 Å². The summed E-state index contributed by atoms with van der Waals surface area (Å²) in [7, 11) is 0. The summed E-state index contributed by atoms with van der Waals surface area (Å²) in [6.45, 7) is 9.03. The number of Topliss-reactive ketones (excluding diaryl/α,β-unsaturated/α-hetero) is 2. The molecule has 296 valence electrons. The van der Waals surface area contributed by atoms with E-state index in [1.54, 1.807) is 39.0 Å². The Hall–Kier alpha value is -6.40. The molecule has 2 heterocycles. The molecule has 7 rings (SSSR count). The van der Waals surface area contributed by atoms with Crippen molar-refractivity contribution in [2.45, 2.75) is 77.1 Å². The molecule has 12 heteroatoms. The predicted molar refractivity (Wildman–Crippen MR) is 208 cm³/mol. The van der Waals surface area contributed by atoms with E-state index < -0.39 is 63.5 Å². The molecule has 0 saturated carbocycles. The summed E-state index contributed by atoms with van der Waals surface area (Å²) >= 11 is 0. The Bertz CT molecular complexity index is 2450. The van der Waals surface area contributed by atoms with Crippen molar-refractivity contribution in [1.29, 1.82) is 0 Å². The van der Waals surface area contributed by atoms with Crippen LogP contribution in [0.1, 0.15) is 102 Å². The van der Waals surface area contributed by atoms with Crippen molar-refractivity contribution >= 4 is 11.6 Å². The predicted octanol–water partition coefficient (Wildman–Crippen LogP) is 7.76. The number of phenolic OH excluding ortho intramolecular Hbond substituents is 7. The fourth-order valence-electron chi connectivity index (χ4n) is 8.42. The van der Waals surface area contributed by atoms with Gasteiger partial charge in [-0.1, -0.05) is 41.0 Å². The first-order valence-corrected chi connectivity index (χ1v) is 18.5. The zero-order valence-electron chi connectivity index (χ0n) is 32.0. The topological polar surface area (TPSA) is 214 Å². The number of rotatable bonds is 8.